The Bertz CT molecular complexity index is 1230. The Morgan fingerprint density at radius 3 is 2.47 bits per heavy atom. The summed E-state index contributed by atoms with van der Waals surface area (Å²) in [6.07, 6.45) is 1.33. The van der Waals surface area contributed by atoms with E-state index < -0.39 is 10.0 Å². The molecular formula is C23H26N4O4S. The van der Waals surface area contributed by atoms with E-state index in [1.165, 1.54) is 16.4 Å². The number of amides is 1. The van der Waals surface area contributed by atoms with Gasteiger partial charge in [-0.2, -0.15) is 9.40 Å². The van der Waals surface area contributed by atoms with Gasteiger partial charge in [-0.15, -0.1) is 0 Å². The van der Waals surface area contributed by atoms with E-state index in [4.69, 9.17) is 4.74 Å². The molecule has 2 unspecified atom stereocenters. The summed E-state index contributed by atoms with van der Waals surface area (Å²) >= 11 is 0. The van der Waals surface area contributed by atoms with E-state index in [0.29, 0.717) is 5.69 Å². The highest BCUT2D eigenvalue weighted by Crippen LogP contribution is 2.23. The second-order valence-corrected chi connectivity index (χ2v) is 9.93. The summed E-state index contributed by atoms with van der Waals surface area (Å²) in [5.41, 5.74) is 2.64. The highest BCUT2D eigenvalue weighted by molar-refractivity contribution is 7.89. The zero-order chi connectivity index (χ0) is 22.9. The second-order valence-electron chi connectivity index (χ2n) is 8.00. The van der Waals surface area contributed by atoms with Gasteiger partial charge in [0, 0.05) is 36.2 Å². The summed E-state index contributed by atoms with van der Waals surface area (Å²) in [5.74, 6) is -0.389. The highest BCUT2D eigenvalue weighted by Gasteiger charge is 2.32. The van der Waals surface area contributed by atoms with Crippen molar-refractivity contribution in [3.8, 4) is 5.69 Å². The van der Waals surface area contributed by atoms with Crippen LogP contribution in [0.5, 0.6) is 0 Å². The molecule has 1 fully saturated rings. The fraction of sp³-hybridized carbons (Fsp3) is 0.304. The Morgan fingerprint density at radius 2 is 1.78 bits per heavy atom. The summed E-state index contributed by atoms with van der Waals surface area (Å²) in [6.45, 7) is 6.20. The van der Waals surface area contributed by atoms with Crippen LogP contribution in [0.3, 0.4) is 0 Å². The number of hydrogen-bond donors (Lipinski definition) is 1. The molecule has 1 amide bonds. The lowest BCUT2D eigenvalue weighted by Gasteiger charge is -2.34. The molecule has 2 atom stereocenters. The number of hydrogen-bond acceptors (Lipinski definition) is 5. The standard InChI is InChI=1S/C23H26N4O4S/c1-16-10-11-24-27(16)21-8-5-7-20(13-21)25-23(28)19-6-4-9-22(12-19)32(29,30)26-14-17(2)31-18(3)15-26/h4-13,17-18H,14-15H2,1-3H3,(H,25,28). The van der Waals surface area contributed by atoms with Gasteiger partial charge in [-0.05, 0) is 63.2 Å². The molecule has 3 aromatic rings. The van der Waals surface area contributed by atoms with Crippen molar-refractivity contribution in [1.29, 1.82) is 0 Å². The van der Waals surface area contributed by atoms with Gasteiger partial charge in [0.2, 0.25) is 10.0 Å². The van der Waals surface area contributed by atoms with Crippen molar-refractivity contribution in [1.82, 2.24) is 14.1 Å². The molecule has 32 heavy (non-hydrogen) atoms. The molecule has 2 heterocycles. The number of rotatable bonds is 5. The molecule has 1 N–H and O–H groups in total. The van der Waals surface area contributed by atoms with Gasteiger partial charge >= 0.3 is 0 Å². The number of anilines is 1. The van der Waals surface area contributed by atoms with E-state index in [1.54, 1.807) is 29.1 Å². The number of ether oxygens (including phenoxy) is 1. The van der Waals surface area contributed by atoms with Crippen LogP contribution in [0.1, 0.15) is 29.9 Å². The Labute approximate surface area is 187 Å². The van der Waals surface area contributed by atoms with Crippen LogP contribution in [-0.4, -0.2) is 53.7 Å². The molecule has 1 saturated heterocycles. The van der Waals surface area contributed by atoms with E-state index >= 15 is 0 Å². The lowest BCUT2D eigenvalue weighted by molar-refractivity contribution is -0.0440. The van der Waals surface area contributed by atoms with E-state index in [1.807, 2.05) is 45.0 Å². The molecule has 9 heteroatoms. The van der Waals surface area contributed by atoms with Gasteiger partial charge in [0.25, 0.3) is 5.91 Å². The topological polar surface area (TPSA) is 93.5 Å². The molecule has 1 aliphatic rings. The molecule has 1 aromatic heterocycles. The fourth-order valence-corrected chi connectivity index (χ4v) is 5.47. The number of benzene rings is 2. The van der Waals surface area contributed by atoms with Crippen molar-refractivity contribution < 1.29 is 17.9 Å². The maximum absolute atomic E-state index is 13.1. The predicted octanol–water partition coefficient (Wildman–Crippen LogP) is 3.23. The zero-order valence-electron chi connectivity index (χ0n) is 18.2. The molecular weight excluding hydrogens is 428 g/mol. The van der Waals surface area contributed by atoms with Crippen LogP contribution < -0.4 is 5.32 Å². The smallest absolute Gasteiger partial charge is 0.255 e. The molecule has 4 rings (SSSR count). The number of nitrogens with zero attached hydrogens (tertiary/aromatic N) is 3. The highest BCUT2D eigenvalue weighted by atomic mass is 32.2. The first-order valence-electron chi connectivity index (χ1n) is 10.4. The summed E-state index contributed by atoms with van der Waals surface area (Å²) in [7, 11) is -3.74. The number of morpholine rings is 1. The molecule has 0 aliphatic carbocycles. The van der Waals surface area contributed by atoms with Crippen molar-refractivity contribution in [2.24, 2.45) is 0 Å². The van der Waals surface area contributed by atoms with Gasteiger partial charge in [-0.25, -0.2) is 13.1 Å². The average molecular weight is 455 g/mol. The minimum atomic E-state index is -3.74. The van der Waals surface area contributed by atoms with Gasteiger partial charge in [-0.1, -0.05) is 12.1 Å². The summed E-state index contributed by atoms with van der Waals surface area (Å²) in [6, 6.07) is 15.3. The predicted molar refractivity (Wildman–Crippen MR) is 121 cm³/mol. The summed E-state index contributed by atoms with van der Waals surface area (Å²) in [4.78, 5) is 13.0. The first-order valence-corrected chi connectivity index (χ1v) is 11.9. The lowest BCUT2D eigenvalue weighted by Crippen LogP contribution is -2.48. The molecule has 0 spiro atoms. The fourth-order valence-electron chi connectivity index (χ4n) is 3.83. The van der Waals surface area contributed by atoms with Crippen LogP contribution >= 0.6 is 0 Å². The van der Waals surface area contributed by atoms with Gasteiger partial charge in [0.1, 0.15) is 0 Å². The minimum Gasteiger partial charge on any atom is -0.373 e. The Kier molecular flexibility index (Phi) is 6.14. The largest absolute Gasteiger partial charge is 0.373 e. The van der Waals surface area contributed by atoms with E-state index in [2.05, 4.69) is 10.4 Å². The van der Waals surface area contributed by atoms with Crippen LogP contribution in [0.4, 0.5) is 5.69 Å². The summed E-state index contributed by atoms with van der Waals surface area (Å²) < 4.78 is 35.1. The monoisotopic (exact) mass is 454 g/mol. The Hall–Kier alpha value is -3.01. The van der Waals surface area contributed by atoms with E-state index in [0.717, 1.165) is 11.4 Å². The third-order valence-corrected chi connectivity index (χ3v) is 7.13. The first kappa shape index (κ1) is 22.2. The molecule has 2 aromatic carbocycles. The van der Waals surface area contributed by atoms with Gasteiger partial charge in [0.05, 0.1) is 22.8 Å². The van der Waals surface area contributed by atoms with E-state index in [9.17, 15) is 13.2 Å². The van der Waals surface area contributed by atoms with Crippen molar-refractivity contribution in [2.75, 3.05) is 18.4 Å². The van der Waals surface area contributed by atoms with E-state index in [-0.39, 0.29) is 41.7 Å². The maximum Gasteiger partial charge on any atom is 0.255 e. The van der Waals surface area contributed by atoms with Crippen LogP contribution in [0.15, 0.2) is 65.7 Å². The number of nitrogens with one attached hydrogen (secondary N) is 1. The Balaban J connectivity index is 1.55. The number of carbonyl (C=O) groups excluding carboxylic acids is 1. The number of aromatic nitrogens is 2. The molecule has 0 bridgehead atoms. The Morgan fingerprint density at radius 1 is 1.06 bits per heavy atom. The lowest BCUT2D eigenvalue weighted by atomic mass is 10.2. The van der Waals surface area contributed by atoms with Crippen LogP contribution in [0, 0.1) is 6.92 Å². The van der Waals surface area contributed by atoms with Crippen LogP contribution in [0.2, 0.25) is 0 Å². The molecule has 0 radical (unpaired) electrons. The van der Waals surface area contributed by atoms with Crippen molar-refractivity contribution >= 4 is 21.6 Å². The molecule has 8 nitrogen and oxygen atoms in total. The first-order chi connectivity index (χ1) is 15.2. The zero-order valence-corrected chi connectivity index (χ0v) is 19.0. The van der Waals surface area contributed by atoms with Gasteiger partial charge in [0.15, 0.2) is 0 Å². The number of carbonyl (C=O) groups is 1. The quantitative estimate of drug-likeness (QED) is 0.639. The second kappa shape index (κ2) is 8.85. The normalized spacial score (nSPS) is 19.6. The van der Waals surface area contributed by atoms with Crippen LogP contribution in [-0.2, 0) is 14.8 Å². The van der Waals surface area contributed by atoms with Gasteiger partial charge < -0.3 is 10.1 Å². The van der Waals surface area contributed by atoms with Crippen LogP contribution in [0.25, 0.3) is 5.69 Å². The average Bonchev–Trinajstić information content (AvgIpc) is 3.19. The third-order valence-electron chi connectivity index (χ3n) is 5.30. The van der Waals surface area contributed by atoms with Crippen molar-refractivity contribution in [3.05, 3.63) is 72.1 Å². The maximum atomic E-state index is 13.1. The third kappa shape index (κ3) is 4.59. The van der Waals surface area contributed by atoms with Crippen molar-refractivity contribution in [2.45, 2.75) is 37.9 Å². The van der Waals surface area contributed by atoms with Gasteiger partial charge in [-0.3, -0.25) is 4.79 Å². The number of sulfonamides is 1. The summed E-state index contributed by atoms with van der Waals surface area (Å²) in [5, 5.41) is 7.13. The number of aryl methyl sites for hydroxylation is 1. The molecule has 0 saturated carbocycles. The SMILES string of the molecule is Cc1ccnn1-c1cccc(NC(=O)c2cccc(S(=O)(=O)N3CC(C)OC(C)C3)c2)c1. The minimum absolute atomic E-state index is 0.0902. The van der Waals surface area contributed by atoms with Crippen molar-refractivity contribution in [3.63, 3.8) is 0 Å². The molecule has 1 aliphatic heterocycles. The molecule has 168 valence electrons.